The van der Waals surface area contributed by atoms with Gasteiger partial charge in [-0.3, -0.25) is 9.78 Å². The number of rotatable bonds is 5. The first-order valence-electron chi connectivity index (χ1n) is 7.29. The number of anilines is 1. The second-order valence-electron chi connectivity index (χ2n) is 5.12. The van der Waals surface area contributed by atoms with E-state index < -0.39 is 0 Å². The fraction of sp³-hybridized carbons (Fsp3) is 0.111. The van der Waals surface area contributed by atoms with Crippen LogP contribution >= 0.6 is 0 Å². The Kier molecular flexibility index (Phi) is 4.38. The molecular weight excluding hydrogens is 288 g/mol. The van der Waals surface area contributed by atoms with E-state index in [2.05, 4.69) is 32.4 Å². The lowest BCUT2D eigenvalue weighted by Crippen LogP contribution is -2.02. The normalized spacial score (nSPS) is 10.3. The quantitative estimate of drug-likeness (QED) is 0.732. The van der Waals surface area contributed by atoms with Crippen molar-refractivity contribution in [3.05, 3.63) is 72.3 Å². The molecule has 0 fully saturated rings. The first kappa shape index (κ1) is 14.8. The van der Waals surface area contributed by atoms with Gasteiger partial charge in [0.1, 0.15) is 17.8 Å². The molecular formula is C18H16N4O. The summed E-state index contributed by atoms with van der Waals surface area (Å²) in [7, 11) is 0. The summed E-state index contributed by atoms with van der Waals surface area (Å²) in [6.07, 6.45) is 3.17. The Balaban J connectivity index is 1.75. The first-order valence-corrected chi connectivity index (χ1v) is 7.29. The SMILES string of the molecule is CC(=O)c1ccc(-c2cc(NCc3ccccc3)ncn2)cn1. The molecule has 0 bridgehead atoms. The number of carbonyl (C=O) groups excluding carboxylic acids is 1. The van der Waals surface area contributed by atoms with E-state index in [-0.39, 0.29) is 5.78 Å². The highest BCUT2D eigenvalue weighted by Gasteiger charge is 2.05. The first-order chi connectivity index (χ1) is 11.2. The molecule has 114 valence electrons. The maximum atomic E-state index is 11.3. The number of Topliss-reactive ketones (excluding diaryl/α,β-unsaturated/α-hetero) is 1. The molecule has 0 aliphatic heterocycles. The van der Waals surface area contributed by atoms with Gasteiger partial charge in [-0.25, -0.2) is 9.97 Å². The monoisotopic (exact) mass is 304 g/mol. The topological polar surface area (TPSA) is 67.8 Å². The van der Waals surface area contributed by atoms with Crippen LogP contribution in [0.1, 0.15) is 23.0 Å². The molecule has 0 saturated heterocycles. The van der Waals surface area contributed by atoms with Crippen molar-refractivity contribution < 1.29 is 4.79 Å². The van der Waals surface area contributed by atoms with Gasteiger partial charge < -0.3 is 5.32 Å². The van der Waals surface area contributed by atoms with Crippen molar-refractivity contribution in [3.8, 4) is 11.3 Å². The molecule has 1 aromatic carbocycles. The number of nitrogens with one attached hydrogen (secondary N) is 1. The second-order valence-corrected chi connectivity index (χ2v) is 5.12. The van der Waals surface area contributed by atoms with Crippen molar-refractivity contribution in [2.75, 3.05) is 5.32 Å². The average Bonchev–Trinajstić information content (AvgIpc) is 2.61. The van der Waals surface area contributed by atoms with Gasteiger partial charge in [-0.15, -0.1) is 0 Å². The molecule has 0 saturated carbocycles. The molecule has 0 radical (unpaired) electrons. The van der Waals surface area contributed by atoms with E-state index in [1.165, 1.54) is 18.8 Å². The van der Waals surface area contributed by atoms with Crippen LogP contribution in [0.2, 0.25) is 0 Å². The fourth-order valence-corrected chi connectivity index (χ4v) is 2.15. The smallest absolute Gasteiger partial charge is 0.178 e. The molecule has 1 N–H and O–H groups in total. The Labute approximate surface area is 134 Å². The van der Waals surface area contributed by atoms with Crippen LogP contribution in [0.15, 0.2) is 61.1 Å². The minimum atomic E-state index is -0.0514. The Morgan fingerprint density at radius 1 is 1.04 bits per heavy atom. The third-order valence-corrected chi connectivity index (χ3v) is 3.40. The summed E-state index contributed by atoms with van der Waals surface area (Å²) >= 11 is 0. The van der Waals surface area contributed by atoms with E-state index in [9.17, 15) is 4.79 Å². The summed E-state index contributed by atoms with van der Waals surface area (Å²) < 4.78 is 0. The molecule has 2 heterocycles. The summed E-state index contributed by atoms with van der Waals surface area (Å²) in [6, 6.07) is 15.5. The molecule has 5 heteroatoms. The predicted molar refractivity (Wildman–Crippen MR) is 89.0 cm³/mol. The average molecular weight is 304 g/mol. The van der Waals surface area contributed by atoms with Gasteiger partial charge in [0, 0.05) is 31.3 Å². The van der Waals surface area contributed by atoms with Crippen molar-refractivity contribution in [2.24, 2.45) is 0 Å². The van der Waals surface area contributed by atoms with E-state index in [1.54, 1.807) is 12.3 Å². The molecule has 0 atom stereocenters. The van der Waals surface area contributed by atoms with Crippen molar-refractivity contribution in [2.45, 2.75) is 13.5 Å². The van der Waals surface area contributed by atoms with E-state index in [0.29, 0.717) is 12.2 Å². The third kappa shape index (κ3) is 3.77. The number of aromatic nitrogens is 3. The maximum Gasteiger partial charge on any atom is 0.178 e. The van der Waals surface area contributed by atoms with Crippen molar-refractivity contribution in [1.29, 1.82) is 0 Å². The number of benzene rings is 1. The Morgan fingerprint density at radius 2 is 1.87 bits per heavy atom. The zero-order valence-corrected chi connectivity index (χ0v) is 12.7. The van der Waals surface area contributed by atoms with E-state index >= 15 is 0 Å². The third-order valence-electron chi connectivity index (χ3n) is 3.40. The summed E-state index contributed by atoms with van der Waals surface area (Å²) in [4.78, 5) is 23.9. The van der Waals surface area contributed by atoms with Crippen LogP contribution in [0.25, 0.3) is 11.3 Å². The lowest BCUT2D eigenvalue weighted by Gasteiger charge is -2.07. The Morgan fingerprint density at radius 3 is 2.57 bits per heavy atom. The molecule has 2 aromatic heterocycles. The van der Waals surface area contributed by atoms with Crippen molar-refractivity contribution in [1.82, 2.24) is 15.0 Å². The molecule has 3 rings (SSSR count). The fourth-order valence-electron chi connectivity index (χ4n) is 2.15. The van der Waals surface area contributed by atoms with Crippen LogP contribution in [0.5, 0.6) is 0 Å². The van der Waals surface area contributed by atoms with Gasteiger partial charge in [0.25, 0.3) is 0 Å². The van der Waals surface area contributed by atoms with Gasteiger partial charge in [-0.05, 0) is 17.7 Å². The molecule has 0 spiro atoms. The molecule has 0 aliphatic rings. The molecule has 0 aliphatic carbocycles. The molecule has 0 amide bonds. The van der Waals surface area contributed by atoms with Gasteiger partial charge in [0.15, 0.2) is 5.78 Å². The standard InChI is InChI=1S/C18H16N4O/c1-13(23)16-8-7-15(11-19-16)17-9-18(22-12-21-17)20-10-14-5-3-2-4-6-14/h2-9,11-12H,10H2,1H3,(H,20,21,22). The van der Waals surface area contributed by atoms with Gasteiger partial charge in [0.05, 0.1) is 5.69 Å². The zero-order chi connectivity index (χ0) is 16.1. The molecule has 5 nitrogen and oxygen atoms in total. The number of ketones is 1. The van der Waals surface area contributed by atoms with Crippen LogP contribution < -0.4 is 5.32 Å². The summed E-state index contributed by atoms with van der Waals surface area (Å²) in [5.74, 6) is 0.693. The molecule has 23 heavy (non-hydrogen) atoms. The highest BCUT2D eigenvalue weighted by molar-refractivity contribution is 5.92. The van der Waals surface area contributed by atoms with Crippen molar-refractivity contribution in [3.63, 3.8) is 0 Å². The highest BCUT2D eigenvalue weighted by Crippen LogP contribution is 2.18. The lowest BCUT2D eigenvalue weighted by molar-refractivity contribution is 0.101. The van der Waals surface area contributed by atoms with Crippen LogP contribution in [-0.4, -0.2) is 20.7 Å². The minimum absolute atomic E-state index is 0.0514. The number of nitrogens with zero attached hydrogens (tertiary/aromatic N) is 3. The summed E-state index contributed by atoms with van der Waals surface area (Å²) in [6.45, 7) is 2.19. The Bertz CT molecular complexity index is 801. The van der Waals surface area contributed by atoms with Gasteiger partial charge in [-0.1, -0.05) is 30.3 Å². The number of hydrogen-bond acceptors (Lipinski definition) is 5. The lowest BCUT2D eigenvalue weighted by atomic mass is 10.1. The highest BCUT2D eigenvalue weighted by atomic mass is 16.1. The van der Waals surface area contributed by atoms with Crippen LogP contribution in [0.4, 0.5) is 5.82 Å². The van der Waals surface area contributed by atoms with Crippen LogP contribution in [0.3, 0.4) is 0 Å². The molecule has 0 unspecified atom stereocenters. The maximum absolute atomic E-state index is 11.3. The van der Waals surface area contributed by atoms with Gasteiger partial charge in [0.2, 0.25) is 0 Å². The van der Waals surface area contributed by atoms with E-state index in [0.717, 1.165) is 17.1 Å². The number of hydrogen-bond donors (Lipinski definition) is 1. The second kappa shape index (κ2) is 6.79. The van der Waals surface area contributed by atoms with Gasteiger partial charge in [-0.2, -0.15) is 0 Å². The van der Waals surface area contributed by atoms with E-state index in [1.807, 2.05) is 30.3 Å². The predicted octanol–water partition coefficient (Wildman–Crippen LogP) is 3.35. The largest absolute Gasteiger partial charge is 0.366 e. The summed E-state index contributed by atoms with van der Waals surface area (Å²) in [5, 5.41) is 3.28. The van der Waals surface area contributed by atoms with Crippen LogP contribution in [0, 0.1) is 0 Å². The zero-order valence-electron chi connectivity index (χ0n) is 12.7. The van der Waals surface area contributed by atoms with Gasteiger partial charge >= 0.3 is 0 Å². The molecule has 3 aromatic rings. The van der Waals surface area contributed by atoms with Crippen molar-refractivity contribution >= 4 is 11.6 Å². The van der Waals surface area contributed by atoms with E-state index in [4.69, 9.17) is 0 Å². The number of carbonyl (C=O) groups is 1. The Hall–Kier alpha value is -3.08. The number of pyridine rings is 1. The van der Waals surface area contributed by atoms with Crippen LogP contribution in [-0.2, 0) is 6.54 Å². The summed E-state index contributed by atoms with van der Waals surface area (Å²) in [5.41, 5.74) is 3.24. The minimum Gasteiger partial charge on any atom is -0.366 e.